The number of carbonyl (C=O) groups excluding carboxylic acids is 2. The standard InChI is InChI=1S/C21H28O5S/c1-7-8-16(22)20-17(23)9-15(10-18(20)24)19-13(4)11(2)12(3)14(5)21(19)27(6,25)26/h15,22H,7-10H2,1-6H3. The van der Waals surface area contributed by atoms with Crippen molar-refractivity contribution in [2.45, 2.75) is 71.1 Å². The summed E-state index contributed by atoms with van der Waals surface area (Å²) in [6, 6.07) is 0. The van der Waals surface area contributed by atoms with Crippen molar-refractivity contribution in [1.29, 1.82) is 0 Å². The number of benzene rings is 1. The first-order valence-corrected chi connectivity index (χ1v) is 11.1. The summed E-state index contributed by atoms with van der Waals surface area (Å²) in [5.41, 5.74) is 3.84. The van der Waals surface area contributed by atoms with Crippen LogP contribution in [0.1, 0.15) is 66.3 Å². The van der Waals surface area contributed by atoms with Gasteiger partial charge in [0.15, 0.2) is 21.4 Å². The summed E-state index contributed by atoms with van der Waals surface area (Å²) in [6.45, 7) is 9.29. The lowest BCUT2D eigenvalue weighted by Gasteiger charge is -2.28. The summed E-state index contributed by atoms with van der Waals surface area (Å²) >= 11 is 0. The van der Waals surface area contributed by atoms with E-state index in [1.807, 2.05) is 27.7 Å². The second kappa shape index (κ2) is 7.58. The molecule has 1 aliphatic rings. The first-order valence-electron chi connectivity index (χ1n) is 9.20. The molecular formula is C21H28O5S. The number of hydrogen-bond acceptors (Lipinski definition) is 5. The van der Waals surface area contributed by atoms with Crippen LogP contribution in [-0.4, -0.2) is 31.3 Å². The fraction of sp³-hybridized carbons (Fsp3) is 0.524. The molecule has 1 aromatic carbocycles. The maximum atomic E-state index is 12.6. The molecule has 148 valence electrons. The third-order valence-electron chi connectivity index (χ3n) is 5.65. The summed E-state index contributed by atoms with van der Waals surface area (Å²) < 4.78 is 25.1. The van der Waals surface area contributed by atoms with E-state index in [0.29, 0.717) is 17.5 Å². The zero-order valence-electron chi connectivity index (χ0n) is 16.9. The summed E-state index contributed by atoms with van der Waals surface area (Å²) in [6.07, 6.45) is 2.14. The van der Waals surface area contributed by atoms with Gasteiger partial charge in [0.05, 0.1) is 10.5 Å². The molecule has 6 heteroatoms. The van der Waals surface area contributed by atoms with Gasteiger partial charge in [-0.05, 0) is 67.9 Å². The van der Waals surface area contributed by atoms with Crippen LogP contribution in [0.25, 0.3) is 0 Å². The number of rotatable bonds is 4. The summed E-state index contributed by atoms with van der Waals surface area (Å²) in [4.78, 5) is 25.5. The number of hydrogen-bond donors (Lipinski definition) is 1. The second-order valence-corrected chi connectivity index (χ2v) is 9.49. The van der Waals surface area contributed by atoms with Crippen molar-refractivity contribution in [3.05, 3.63) is 39.1 Å². The number of ketones is 2. The molecule has 0 bridgehead atoms. The third-order valence-corrected chi connectivity index (χ3v) is 6.92. The number of aliphatic hydroxyl groups is 1. The van der Waals surface area contributed by atoms with E-state index in [-0.39, 0.29) is 35.5 Å². The highest BCUT2D eigenvalue weighted by Gasteiger charge is 2.37. The molecule has 0 unspecified atom stereocenters. The number of Topliss-reactive ketones (excluding diaryl/α,β-unsaturated/α-hetero) is 2. The topological polar surface area (TPSA) is 88.5 Å². The van der Waals surface area contributed by atoms with Gasteiger partial charge < -0.3 is 5.11 Å². The molecule has 1 fully saturated rings. The largest absolute Gasteiger partial charge is 0.511 e. The van der Waals surface area contributed by atoms with Crippen molar-refractivity contribution in [3.8, 4) is 0 Å². The molecule has 1 aromatic rings. The molecule has 0 spiro atoms. The molecule has 0 amide bonds. The van der Waals surface area contributed by atoms with Crippen molar-refractivity contribution in [2.75, 3.05) is 6.26 Å². The average molecular weight is 393 g/mol. The Kier molecular flexibility index (Phi) is 6.00. The van der Waals surface area contributed by atoms with Gasteiger partial charge in [-0.3, -0.25) is 9.59 Å². The molecule has 0 atom stereocenters. The molecule has 1 N–H and O–H groups in total. The minimum atomic E-state index is -3.53. The lowest BCUT2D eigenvalue weighted by atomic mass is 9.76. The lowest BCUT2D eigenvalue weighted by Crippen LogP contribution is -2.28. The molecule has 0 aromatic heterocycles. The maximum absolute atomic E-state index is 12.6. The van der Waals surface area contributed by atoms with Crippen molar-refractivity contribution in [1.82, 2.24) is 0 Å². The van der Waals surface area contributed by atoms with E-state index in [1.165, 1.54) is 0 Å². The Hall–Kier alpha value is -1.95. The first kappa shape index (κ1) is 21.4. The van der Waals surface area contributed by atoms with Gasteiger partial charge in [0.25, 0.3) is 0 Å². The molecule has 2 rings (SSSR count). The summed E-state index contributed by atoms with van der Waals surface area (Å²) in [5, 5.41) is 10.1. The Morgan fingerprint density at radius 2 is 1.44 bits per heavy atom. The van der Waals surface area contributed by atoms with Crippen LogP contribution in [0, 0.1) is 27.7 Å². The van der Waals surface area contributed by atoms with Crippen LogP contribution < -0.4 is 0 Å². The van der Waals surface area contributed by atoms with Crippen LogP contribution in [0.2, 0.25) is 0 Å². The molecule has 5 nitrogen and oxygen atoms in total. The van der Waals surface area contributed by atoms with E-state index in [4.69, 9.17) is 0 Å². The fourth-order valence-corrected chi connectivity index (χ4v) is 5.47. The molecule has 27 heavy (non-hydrogen) atoms. The van der Waals surface area contributed by atoms with Gasteiger partial charge in [-0.2, -0.15) is 0 Å². The van der Waals surface area contributed by atoms with Crippen LogP contribution in [0.5, 0.6) is 0 Å². The fourth-order valence-electron chi connectivity index (χ4n) is 4.04. The Morgan fingerprint density at radius 3 is 1.89 bits per heavy atom. The maximum Gasteiger partial charge on any atom is 0.176 e. The van der Waals surface area contributed by atoms with Crippen molar-refractivity contribution in [3.63, 3.8) is 0 Å². The van der Waals surface area contributed by atoms with Gasteiger partial charge >= 0.3 is 0 Å². The Morgan fingerprint density at radius 1 is 0.963 bits per heavy atom. The average Bonchev–Trinajstić information content (AvgIpc) is 2.54. The zero-order chi connectivity index (χ0) is 20.7. The predicted octanol–water partition coefficient (Wildman–Crippen LogP) is 3.95. The van der Waals surface area contributed by atoms with E-state index in [2.05, 4.69) is 0 Å². The van der Waals surface area contributed by atoms with E-state index in [9.17, 15) is 23.1 Å². The molecule has 1 saturated carbocycles. The van der Waals surface area contributed by atoms with Gasteiger partial charge in [-0.25, -0.2) is 8.42 Å². The zero-order valence-corrected chi connectivity index (χ0v) is 17.7. The van der Waals surface area contributed by atoms with Gasteiger partial charge in [-0.1, -0.05) is 6.92 Å². The van der Waals surface area contributed by atoms with Crippen LogP contribution in [0.15, 0.2) is 16.2 Å². The van der Waals surface area contributed by atoms with Crippen LogP contribution >= 0.6 is 0 Å². The van der Waals surface area contributed by atoms with Gasteiger partial charge in [0.2, 0.25) is 0 Å². The van der Waals surface area contributed by atoms with Crippen LogP contribution in [-0.2, 0) is 19.4 Å². The van der Waals surface area contributed by atoms with Gasteiger partial charge in [0.1, 0.15) is 5.76 Å². The summed E-state index contributed by atoms with van der Waals surface area (Å²) in [7, 11) is -3.53. The highest BCUT2D eigenvalue weighted by Crippen LogP contribution is 2.41. The molecule has 0 heterocycles. The number of aliphatic hydroxyl groups excluding tert-OH is 1. The Balaban J connectivity index is 2.67. The number of sulfone groups is 1. The molecular weight excluding hydrogens is 364 g/mol. The second-order valence-electron chi connectivity index (χ2n) is 7.54. The first-order chi connectivity index (χ1) is 12.4. The van der Waals surface area contributed by atoms with Crippen molar-refractivity contribution >= 4 is 21.4 Å². The summed E-state index contributed by atoms with van der Waals surface area (Å²) in [5.74, 6) is -1.46. The molecule has 0 radical (unpaired) electrons. The normalized spacial score (nSPS) is 18.1. The molecule has 0 saturated heterocycles. The minimum Gasteiger partial charge on any atom is -0.511 e. The highest BCUT2D eigenvalue weighted by molar-refractivity contribution is 7.90. The highest BCUT2D eigenvalue weighted by atomic mass is 32.2. The van der Waals surface area contributed by atoms with Crippen LogP contribution in [0.4, 0.5) is 0 Å². The van der Waals surface area contributed by atoms with E-state index < -0.39 is 27.3 Å². The van der Waals surface area contributed by atoms with Crippen LogP contribution in [0.3, 0.4) is 0 Å². The number of allylic oxidation sites excluding steroid dienone is 2. The quantitative estimate of drug-likeness (QED) is 0.476. The minimum absolute atomic E-state index is 0.0279. The molecule has 0 aliphatic heterocycles. The predicted molar refractivity (Wildman–Crippen MR) is 105 cm³/mol. The monoisotopic (exact) mass is 392 g/mol. The van der Waals surface area contributed by atoms with Gasteiger partial charge in [-0.15, -0.1) is 0 Å². The van der Waals surface area contributed by atoms with Crippen molar-refractivity contribution in [2.24, 2.45) is 0 Å². The Bertz CT molecular complexity index is 932. The van der Waals surface area contributed by atoms with Crippen molar-refractivity contribution < 1.29 is 23.1 Å². The SMILES string of the molecule is CCCC(O)=C1C(=O)CC(c2c(C)c(C)c(C)c(C)c2S(C)(=O)=O)CC1=O. The molecule has 1 aliphatic carbocycles. The number of carbonyl (C=O) groups is 2. The van der Waals surface area contributed by atoms with E-state index in [0.717, 1.165) is 22.9 Å². The lowest BCUT2D eigenvalue weighted by molar-refractivity contribution is -0.124. The smallest absolute Gasteiger partial charge is 0.176 e. The van der Waals surface area contributed by atoms with E-state index >= 15 is 0 Å². The van der Waals surface area contributed by atoms with Gasteiger partial charge in [0, 0.05) is 25.5 Å². The van der Waals surface area contributed by atoms with E-state index in [1.54, 1.807) is 6.92 Å². The Labute approximate surface area is 161 Å². The third kappa shape index (κ3) is 3.86.